The van der Waals surface area contributed by atoms with E-state index < -0.39 is 15.7 Å². The van der Waals surface area contributed by atoms with E-state index in [4.69, 9.17) is 4.74 Å². The number of carbonyl (C=O) groups is 1. The van der Waals surface area contributed by atoms with Crippen molar-refractivity contribution in [2.75, 3.05) is 19.0 Å². The number of aryl methyl sites for hydroxylation is 1. The lowest BCUT2D eigenvalue weighted by atomic mass is 10.2. The third-order valence-electron chi connectivity index (χ3n) is 4.58. The molecule has 3 rings (SSSR count). The fourth-order valence-corrected chi connectivity index (χ4v) is 5.59. The summed E-state index contributed by atoms with van der Waals surface area (Å²) in [6, 6.07) is 15.1. The van der Waals surface area contributed by atoms with Crippen LogP contribution in [0.2, 0.25) is 0 Å². The van der Waals surface area contributed by atoms with Gasteiger partial charge in [-0.1, -0.05) is 47.7 Å². The van der Waals surface area contributed by atoms with Crippen molar-refractivity contribution in [3.05, 3.63) is 64.5 Å². The number of rotatable bonds is 9. The minimum absolute atomic E-state index is 0.0718. The molecule has 0 N–H and O–H groups in total. The number of benzene rings is 2. The molecular formula is C22H26N2O4S2. The molecule has 1 heterocycles. The summed E-state index contributed by atoms with van der Waals surface area (Å²) < 4.78 is 33.2. The lowest BCUT2D eigenvalue weighted by molar-refractivity contribution is -0.117. The molecule has 0 saturated carbocycles. The van der Waals surface area contributed by atoms with Crippen LogP contribution in [0.25, 0.3) is 10.2 Å². The van der Waals surface area contributed by atoms with E-state index in [0.717, 1.165) is 21.3 Å². The quantitative estimate of drug-likeness (QED) is 0.472. The van der Waals surface area contributed by atoms with Crippen molar-refractivity contribution in [1.29, 1.82) is 0 Å². The van der Waals surface area contributed by atoms with Gasteiger partial charge in [0.25, 0.3) is 0 Å². The number of carbonyl (C=O) groups excluding carboxylic acids is 1. The normalized spacial score (nSPS) is 12.5. The Morgan fingerprint density at radius 3 is 2.67 bits per heavy atom. The van der Waals surface area contributed by atoms with Gasteiger partial charge in [-0.15, -0.1) is 0 Å². The summed E-state index contributed by atoms with van der Waals surface area (Å²) in [5, 5.41) is 0. The second-order valence-corrected chi connectivity index (χ2v) is 10.2. The van der Waals surface area contributed by atoms with E-state index in [-0.39, 0.29) is 17.9 Å². The van der Waals surface area contributed by atoms with Crippen LogP contribution in [-0.4, -0.2) is 37.9 Å². The number of aromatic nitrogens is 1. The molecule has 0 bridgehead atoms. The fraction of sp³-hybridized carbons (Fsp3) is 0.364. The molecule has 160 valence electrons. The lowest BCUT2D eigenvalue weighted by Crippen LogP contribution is -2.20. The van der Waals surface area contributed by atoms with Gasteiger partial charge in [0.15, 0.2) is 14.6 Å². The van der Waals surface area contributed by atoms with Gasteiger partial charge >= 0.3 is 0 Å². The second kappa shape index (κ2) is 10.1. The molecule has 0 atom stereocenters. The van der Waals surface area contributed by atoms with E-state index in [2.05, 4.69) is 11.1 Å². The summed E-state index contributed by atoms with van der Waals surface area (Å²) >= 11 is 1.43. The highest BCUT2D eigenvalue weighted by Gasteiger charge is 2.15. The Balaban J connectivity index is 1.77. The predicted molar refractivity (Wildman–Crippen MR) is 120 cm³/mol. The molecule has 0 aliphatic heterocycles. The maximum absolute atomic E-state index is 12.5. The number of ether oxygens (including phenoxy) is 1. The van der Waals surface area contributed by atoms with Crippen molar-refractivity contribution in [3.8, 4) is 0 Å². The SMILES string of the molecule is CCOCCn1c(=NC(=O)CCS(=O)(=O)Cc2ccccc2)sc2cc(C)ccc21. The first-order valence-electron chi connectivity index (χ1n) is 9.87. The van der Waals surface area contributed by atoms with E-state index in [1.807, 2.05) is 36.6 Å². The van der Waals surface area contributed by atoms with Gasteiger partial charge in [-0.25, -0.2) is 8.42 Å². The molecular weight excluding hydrogens is 420 g/mol. The third-order valence-corrected chi connectivity index (χ3v) is 7.22. The summed E-state index contributed by atoms with van der Waals surface area (Å²) in [5.41, 5.74) is 2.84. The highest BCUT2D eigenvalue weighted by atomic mass is 32.2. The molecule has 0 spiro atoms. The number of thiazole rings is 1. The number of hydrogen-bond acceptors (Lipinski definition) is 5. The van der Waals surface area contributed by atoms with Crippen LogP contribution in [0.3, 0.4) is 0 Å². The second-order valence-electron chi connectivity index (χ2n) is 7.04. The molecule has 0 aliphatic rings. The van der Waals surface area contributed by atoms with Crippen molar-refractivity contribution in [2.45, 2.75) is 32.6 Å². The van der Waals surface area contributed by atoms with E-state index in [1.54, 1.807) is 24.3 Å². The van der Waals surface area contributed by atoms with Gasteiger partial charge < -0.3 is 9.30 Å². The van der Waals surface area contributed by atoms with Gasteiger partial charge in [-0.3, -0.25) is 4.79 Å². The van der Waals surface area contributed by atoms with Gasteiger partial charge in [0.2, 0.25) is 5.91 Å². The lowest BCUT2D eigenvalue weighted by Gasteiger charge is -2.06. The van der Waals surface area contributed by atoms with Crippen LogP contribution in [0, 0.1) is 6.92 Å². The Kier molecular flexibility index (Phi) is 7.58. The molecule has 0 saturated heterocycles. The summed E-state index contributed by atoms with van der Waals surface area (Å²) in [6.45, 7) is 5.67. The van der Waals surface area contributed by atoms with Crippen LogP contribution in [0.4, 0.5) is 0 Å². The van der Waals surface area contributed by atoms with Crippen LogP contribution >= 0.6 is 11.3 Å². The Bertz CT molecular complexity index is 1180. The summed E-state index contributed by atoms with van der Waals surface area (Å²) in [6.07, 6.45) is -0.131. The highest BCUT2D eigenvalue weighted by molar-refractivity contribution is 7.90. The van der Waals surface area contributed by atoms with Gasteiger partial charge in [-0.05, 0) is 37.1 Å². The molecule has 0 unspecified atom stereocenters. The number of amides is 1. The monoisotopic (exact) mass is 446 g/mol. The van der Waals surface area contributed by atoms with Crippen molar-refractivity contribution in [3.63, 3.8) is 0 Å². The zero-order chi connectivity index (χ0) is 21.6. The van der Waals surface area contributed by atoms with E-state index in [9.17, 15) is 13.2 Å². The number of hydrogen-bond donors (Lipinski definition) is 0. The zero-order valence-electron chi connectivity index (χ0n) is 17.2. The van der Waals surface area contributed by atoms with Crippen LogP contribution < -0.4 is 4.80 Å². The molecule has 1 aromatic heterocycles. The van der Waals surface area contributed by atoms with Crippen molar-refractivity contribution in [2.24, 2.45) is 4.99 Å². The molecule has 2 aromatic carbocycles. The zero-order valence-corrected chi connectivity index (χ0v) is 18.8. The van der Waals surface area contributed by atoms with Gasteiger partial charge in [-0.2, -0.15) is 4.99 Å². The van der Waals surface area contributed by atoms with Crippen molar-refractivity contribution >= 4 is 37.3 Å². The molecule has 0 radical (unpaired) electrons. The summed E-state index contributed by atoms with van der Waals surface area (Å²) in [7, 11) is -3.38. The largest absolute Gasteiger partial charge is 0.380 e. The summed E-state index contributed by atoms with van der Waals surface area (Å²) in [5.74, 6) is -0.717. The molecule has 6 nitrogen and oxygen atoms in total. The maximum atomic E-state index is 12.5. The van der Waals surface area contributed by atoms with Gasteiger partial charge in [0.05, 0.1) is 28.3 Å². The molecule has 0 fully saturated rings. The van der Waals surface area contributed by atoms with E-state index >= 15 is 0 Å². The first kappa shape index (κ1) is 22.4. The smallest absolute Gasteiger partial charge is 0.249 e. The Morgan fingerprint density at radius 1 is 1.17 bits per heavy atom. The number of fused-ring (bicyclic) bond motifs is 1. The van der Waals surface area contributed by atoms with Crippen molar-refractivity contribution in [1.82, 2.24) is 4.57 Å². The van der Waals surface area contributed by atoms with Gasteiger partial charge in [0, 0.05) is 19.6 Å². The number of sulfone groups is 1. The molecule has 1 amide bonds. The fourth-order valence-electron chi connectivity index (χ4n) is 3.09. The average Bonchev–Trinajstić information content (AvgIpc) is 3.03. The average molecular weight is 447 g/mol. The Hall–Kier alpha value is -2.29. The minimum Gasteiger partial charge on any atom is -0.380 e. The third kappa shape index (κ3) is 6.10. The molecule has 0 aliphatic carbocycles. The Labute approximate surface area is 180 Å². The molecule has 3 aromatic rings. The Morgan fingerprint density at radius 2 is 1.93 bits per heavy atom. The summed E-state index contributed by atoms with van der Waals surface area (Å²) in [4.78, 5) is 17.3. The van der Waals surface area contributed by atoms with E-state index in [1.165, 1.54) is 11.3 Å². The topological polar surface area (TPSA) is 77.7 Å². The van der Waals surface area contributed by atoms with E-state index in [0.29, 0.717) is 24.6 Å². The molecule has 30 heavy (non-hydrogen) atoms. The van der Waals surface area contributed by atoms with Crippen LogP contribution in [0.1, 0.15) is 24.5 Å². The van der Waals surface area contributed by atoms with Crippen LogP contribution in [0.15, 0.2) is 53.5 Å². The maximum Gasteiger partial charge on any atom is 0.249 e. The standard InChI is InChI=1S/C22H26N2O4S2/c1-3-28-13-12-24-19-10-9-17(2)15-20(19)29-22(24)23-21(25)11-14-30(26,27)16-18-7-5-4-6-8-18/h4-10,15H,3,11-14,16H2,1-2H3. The molecule has 8 heteroatoms. The highest BCUT2D eigenvalue weighted by Crippen LogP contribution is 2.19. The number of nitrogens with zero attached hydrogens (tertiary/aromatic N) is 2. The van der Waals surface area contributed by atoms with Crippen molar-refractivity contribution < 1.29 is 17.9 Å². The van der Waals surface area contributed by atoms with Gasteiger partial charge in [0.1, 0.15) is 0 Å². The van der Waals surface area contributed by atoms with Crippen LogP contribution in [0.5, 0.6) is 0 Å². The first-order valence-corrected chi connectivity index (χ1v) is 12.5. The predicted octanol–water partition coefficient (Wildman–Crippen LogP) is 3.48. The van der Waals surface area contributed by atoms with Crippen LogP contribution in [-0.2, 0) is 31.7 Å². The minimum atomic E-state index is -3.38. The first-order chi connectivity index (χ1) is 14.4.